The van der Waals surface area contributed by atoms with E-state index >= 15 is 0 Å². The fraction of sp³-hybridized carbons (Fsp3) is 0.364. The predicted molar refractivity (Wildman–Crippen MR) is 106 cm³/mol. The second-order valence-corrected chi connectivity index (χ2v) is 7.24. The molecule has 0 aliphatic carbocycles. The minimum Gasteiger partial charge on any atom is -0.497 e. The first-order chi connectivity index (χ1) is 13.0. The first-order valence-corrected chi connectivity index (χ1v) is 9.22. The maximum absolute atomic E-state index is 12.7. The average Bonchev–Trinajstić information content (AvgIpc) is 3.01. The molecule has 0 bridgehead atoms. The first kappa shape index (κ1) is 19.0. The molecule has 0 saturated heterocycles. The van der Waals surface area contributed by atoms with Crippen LogP contribution in [0.5, 0.6) is 11.5 Å². The van der Waals surface area contributed by atoms with Gasteiger partial charge in [0, 0.05) is 18.4 Å². The normalized spacial score (nSPS) is 15.4. The number of hydrazone groups is 1. The number of benzene rings is 2. The number of ether oxygens (including phenoxy) is 2. The molecule has 0 fully saturated rings. The van der Waals surface area contributed by atoms with E-state index in [2.05, 4.69) is 5.10 Å². The summed E-state index contributed by atoms with van der Waals surface area (Å²) < 4.78 is 11.0. The van der Waals surface area contributed by atoms with Gasteiger partial charge in [-0.1, -0.05) is 30.3 Å². The van der Waals surface area contributed by atoms with E-state index in [0.717, 1.165) is 22.8 Å². The highest BCUT2D eigenvalue weighted by atomic mass is 16.5. The van der Waals surface area contributed by atoms with Crippen molar-refractivity contribution in [3.05, 3.63) is 60.2 Å². The van der Waals surface area contributed by atoms with E-state index in [1.54, 1.807) is 12.1 Å². The molecule has 1 heterocycles. The van der Waals surface area contributed by atoms with Crippen molar-refractivity contribution in [3.63, 3.8) is 0 Å². The summed E-state index contributed by atoms with van der Waals surface area (Å²) in [5.41, 5.74) is 1.56. The Balaban J connectivity index is 1.60. The van der Waals surface area contributed by atoms with Crippen molar-refractivity contribution in [3.8, 4) is 11.5 Å². The van der Waals surface area contributed by atoms with E-state index in [-0.39, 0.29) is 11.4 Å². The largest absolute Gasteiger partial charge is 0.497 e. The van der Waals surface area contributed by atoms with Gasteiger partial charge in [-0.25, -0.2) is 5.01 Å². The van der Waals surface area contributed by atoms with Crippen LogP contribution in [-0.4, -0.2) is 35.9 Å². The van der Waals surface area contributed by atoms with E-state index in [9.17, 15) is 4.79 Å². The molecule has 2 aromatic carbocycles. The second kappa shape index (κ2) is 8.25. The van der Waals surface area contributed by atoms with Crippen LogP contribution in [0.2, 0.25) is 0 Å². The highest BCUT2D eigenvalue weighted by Crippen LogP contribution is 2.31. The quantitative estimate of drug-likeness (QED) is 0.688. The second-order valence-electron chi connectivity index (χ2n) is 7.24. The molecule has 5 nitrogen and oxygen atoms in total. The number of methoxy groups -OCH3 is 1. The van der Waals surface area contributed by atoms with Gasteiger partial charge in [0.1, 0.15) is 11.5 Å². The van der Waals surface area contributed by atoms with Crippen LogP contribution in [0.4, 0.5) is 0 Å². The van der Waals surface area contributed by atoms with Crippen molar-refractivity contribution >= 4 is 11.6 Å². The van der Waals surface area contributed by atoms with E-state index in [1.165, 1.54) is 0 Å². The van der Waals surface area contributed by atoms with Gasteiger partial charge >= 0.3 is 0 Å². The highest BCUT2D eigenvalue weighted by molar-refractivity contribution is 6.03. The third-order valence-electron chi connectivity index (χ3n) is 4.58. The molecule has 2 aromatic rings. The Bertz CT molecular complexity index is 815. The lowest BCUT2D eigenvalue weighted by molar-refractivity contribution is -0.135. The Morgan fingerprint density at radius 2 is 1.85 bits per heavy atom. The molecule has 0 radical (unpaired) electrons. The van der Waals surface area contributed by atoms with Crippen LogP contribution >= 0.6 is 0 Å². The van der Waals surface area contributed by atoms with Crippen LogP contribution in [0.3, 0.4) is 0 Å². The van der Waals surface area contributed by atoms with E-state index in [4.69, 9.17) is 9.47 Å². The number of carbonyl (C=O) groups excluding carboxylic acids is 1. The van der Waals surface area contributed by atoms with Crippen LogP contribution in [0.1, 0.15) is 38.7 Å². The number of amides is 1. The van der Waals surface area contributed by atoms with Crippen molar-refractivity contribution in [1.82, 2.24) is 5.01 Å². The summed E-state index contributed by atoms with van der Waals surface area (Å²) in [4.78, 5) is 12.7. The van der Waals surface area contributed by atoms with Gasteiger partial charge in [0.2, 0.25) is 5.91 Å². The number of rotatable bonds is 7. The predicted octanol–water partition coefficient (Wildman–Crippen LogP) is 4.27. The fourth-order valence-corrected chi connectivity index (χ4v) is 3.17. The zero-order chi connectivity index (χ0) is 19.3. The maximum atomic E-state index is 12.7. The van der Waals surface area contributed by atoms with Gasteiger partial charge in [0.25, 0.3) is 0 Å². The lowest BCUT2D eigenvalue weighted by Crippen LogP contribution is -2.40. The number of carbonyl (C=O) groups is 1. The molecule has 0 saturated carbocycles. The van der Waals surface area contributed by atoms with Crippen LogP contribution < -0.4 is 9.47 Å². The highest BCUT2D eigenvalue weighted by Gasteiger charge is 2.38. The minimum absolute atomic E-state index is 0.0227. The number of nitrogens with zero attached hydrogens (tertiary/aromatic N) is 2. The Morgan fingerprint density at radius 3 is 2.59 bits per heavy atom. The third-order valence-corrected chi connectivity index (χ3v) is 4.58. The molecule has 1 aliphatic rings. The average molecular weight is 366 g/mol. The summed E-state index contributed by atoms with van der Waals surface area (Å²) in [6.07, 6.45) is 1.78. The molecule has 27 heavy (non-hydrogen) atoms. The summed E-state index contributed by atoms with van der Waals surface area (Å²) >= 11 is 0. The third kappa shape index (κ3) is 4.67. The molecule has 142 valence electrons. The summed E-state index contributed by atoms with van der Waals surface area (Å²) in [5.74, 6) is 1.63. The molecule has 0 atom stereocenters. The molecule has 0 unspecified atom stereocenters. The minimum atomic E-state index is -0.338. The molecule has 0 aromatic heterocycles. The molecular weight excluding hydrogens is 340 g/mol. The number of para-hydroxylation sites is 1. The topological polar surface area (TPSA) is 51.1 Å². The van der Waals surface area contributed by atoms with Gasteiger partial charge < -0.3 is 9.47 Å². The molecule has 3 rings (SSSR count). The number of hydrogen-bond donors (Lipinski definition) is 0. The standard InChI is InChI=1S/C22H26N2O3/c1-22(2)16-20(17-9-7-12-19(15-17)26-3)23-24(22)21(25)13-8-14-27-18-10-5-4-6-11-18/h4-7,9-12,15H,8,13-14,16H2,1-3H3. The van der Waals surface area contributed by atoms with Crippen LogP contribution in [0.15, 0.2) is 59.7 Å². The van der Waals surface area contributed by atoms with Crippen molar-refractivity contribution in [2.45, 2.75) is 38.6 Å². The van der Waals surface area contributed by atoms with E-state index in [1.807, 2.05) is 68.4 Å². The van der Waals surface area contributed by atoms with Gasteiger partial charge in [-0.05, 0) is 44.5 Å². The summed E-state index contributed by atoms with van der Waals surface area (Å²) in [5, 5.41) is 6.26. The van der Waals surface area contributed by atoms with Gasteiger partial charge in [0.15, 0.2) is 0 Å². The maximum Gasteiger partial charge on any atom is 0.243 e. The Labute approximate surface area is 160 Å². The van der Waals surface area contributed by atoms with Gasteiger partial charge in [-0.3, -0.25) is 4.79 Å². The van der Waals surface area contributed by atoms with Crippen molar-refractivity contribution in [1.29, 1.82) is 0 Å². The van der Waals surface area contributed by atoms with E-state index in [0.29, 0.717) is 25.9 Å². The Kier molecular flexibility index (Phi) is 5.79. The van der Waals surface area contributed by atoms with Crippen molar-refractivity contribution < 1.29 is 14.3 Å². The Hall–Kier alpha value is -2.82. The Morgan fingerprint density at radius 1 is 1.11 bits per heavy atom. The fourth-order valence-electron chi connectivity index (χ4n) is 3.17. The smallest absolute Gasteiger partial charge is 0.243 e. The summed E-state index contributed by atoms with van der Waals surface area (Å²) in [6, 6.07) is 17.4. The molecule has 1 amide bonds. The van der Waals surface area contributed by atoms with E-state index < -0.39 is 0 Å². The first-order valence-electron chi connectivity index (χ1n) is 9.22. The molecule has 0 spiro atoms. The monoisotopic (exact) mass is 366 g/mol. The van der Waals surface area contributed by atoms with Crippen LogP contribution in [-0.2, 0) is 4.79 Å². The summed E-state index contributed by atoms with van der Waals surface area (Å²) in [6.45, 7) is 4.60. The molecule has 1 aliphatic heterocycles. The van der Waals surface area contributed by atoms with Crippen molar-refractivity contribution in [2.24, 2.45) is 5.10 Å². The summed E-state index contributed by atoms with van der Waals surface area (Å²) in [7, 11) is 1.65. The van der Waals surface area contributed by atoms with Gasteiger partial charge in [-0.2, -0.15) is 5.10 Å². The lowest BCUT2D eigenvalue weighted by Gasteiger charge is -2.28. The molecule has 0 N–H and O–H groups in total. The lowest BCUT2D eigenvalue weighted by atomic mass is 9.94. The number of hydrogen-bond acceptors (Lipinski definition) is 4. The SMILES string of the molecule is COc1cccc(C2=NN(C(=O)CCCOc3ccccc3)C(C)(C)C2)c1. The zero-order valence-corrected chi connectivity index (χ0v) is 16.1. The van der Waals surface area contributed by atoms with Gasteiger partial charge in [0.05, 0.1) is 25.0 Å². The van der Waals surface area contributed by atoms with Crippen LogP contribution in [0, 0.1) is 0 Å². The molecular formula is C22H26N2O3. The van der Waals surface area contributed by atoms with Crippen LogP contribution in [0.25, 0.3) is 0 Å². The van der Waals surface area contributed by atoms with Gasteiger partial charge in [-0.15, -0.1) is 0 Å². The zero-order valence-electron chi connectivity index (χ0n) is 16.1. The molecule has 5 heteroatoms. The van der Waals surface area contributed by atoms with Crippen molar-refractivity contribution in [2.75, 3.05) is 13.7 Å².